The molecule has 4 aliphatic rings. The highest BCUT2D eigenvalue weighted by atomic mass is 16.5. The average molecular weight is 377 g/mol. The maximum atomic E-state index is 12.6. The molecular weight excluding hydrogens is 340 g/mol. The smallest absolute Gasteiger partial charge is 0.136 e. The third-order valence-electron chi connectivity index (χ3n) is 8.95. The Morgan fingerprint density at radius 3 is 2.74 bits per heavy atom. The van der Waals surface area contributed by atoms with E-state index in [2.05, 4.69) is 19.9 Å². The van der Waals surface area contributed by atoms with Crippen molar-refractivity contribution in [3.8, 4) is 0 Å². The van der Waals surface area contributed by atoms with Crippen LogP contribution in [-0.4, -0.2) is 41.4 Å². The molecule has 2 N–H and O–H groups in total. The molecule has 0 aliphatic heterocycles. The number of aliphatic hydroxyl groups is 2. The highest BCUT2D eigenvalue weighted by Gasteiger charge is 2.62. The fourth-order valence-electron chi connectivity index (χ4n) is 7.73. The lowest BCUT2D eigenvalue weighted by Crippen LogP contribution is -2.51. The SMILES string of the molecule is CC(=O)[C@H]1[C@H](OCCO)C[C@H]2[C@@H]3CC=C4C[C@@H](O)CC[C@]4(C)[C@H]3CC[C@@]21C. The normalized spacial score (nSPS) is 49.0. The van der Waals surface area contributed by atoms with E-state index in [1.807, 2.05) is 0 Å². The van der Waals surface area contributed by atoms with E-state index in [1.165, 1.54) is 12.0 Å². The van der Waals surface area contributed by atoms with E-state index in [9.17, 15) is 15.0 Å². The minimum atomic E-state index is -0.167. The number of ketones is 1. The zero-order chi connectivity index (χ0) is 19.4. The predicted octanol–water partition coefficient (Wildman–Crippen LogP) is 3.50. The van der Waals surface area contributed by atoms with Gasteiger partial charge < -0.3 is 14.9 Å². The van der Waals surface area contributed by atoms with Gasteiger partial charge in [0.2, 0.25) is 0 Å². The Morgan fingerprint density at radius 2 is 2.04 bits per heavy atom. The first-order chi connectivity index (χ1) is 12.8. The zero-order valence-electron chi connectivity index (χ0n) is 17.1. The molecule has 3 fully saturated rings. The summed E-state index contributed by atoms with van der Waals surface area (Å²) in [5.74, 6) is 1.99. The Morgan fingerprint density at radius 1 is 1.26 bits per heavy atom. The molecule has 4 heteroatoms. The number of Topliss-reactive ketones (excluding diaryl/α,β-unsaturated/α-hetero) is 1. The molecule has 0 saturated heterocycles. The second-order valence-electron chi connectivity index (χ2n) is 10.2. The van der Waals surface area contributed by atoms with Crippen LogP contribution >= 0.6 is 0 Å². The first kappa shape index (κ1) is 19.6. The lowest BCUT2D eigenvalue weighted by atomic mass is 9.47. The van der Waals surface area contributed by atoms with Crippen LogP contribution in [0, 0.1) is 34.5 Å². The van der Waals surface area contributed by atoms with Crippen molar-refractivity contribution in [3.63, 3.8) is 0 Å². The minimum absolute atomic E-state index is 0.0149. The number of hydrogen-bond donors (Lipinski definition) is 2. The summed E-state index contributed by atoms with van der Waals surface area (Å²) in [6.45, 7) is 6.82. The molecule has 3 saturated carbocycles. The number of aliphatic hydroxyl groups excluding tert-OH is 2. The monoisotopic (exact) mass is 376 g/mol. The molecule has 0 bridgehead atoms. The van der Waals surface area contributed by atoms with Gasteiger partial charge in [-0.2, -0.15) is 0 Å². The van der Waals surface area contributed by atoms with Crippen molar-refractivity contribution in [1.29, 1.82) is 0 Å². The number of rotatable bonds is 4. The fourth-order valence-corrected chi connectivity index (χ4v) is 7.73. The highest BCUT2D eigenvalue weighted by Crippen LogP contribution is 2.66. The van der Waals surface area contributed by atoms with E-state index in [1.54, 1.807) is 6.92 Å². The van der Waals surface area contributed by atoms with Crippen LogP contribution in [0.25, 0.3) is 0 Å². The Kier molecular flexibility index (Phi) is 5.05. The third kappa shape index (κ3) is 2.94. The quantitative estimate of drug-likeness (QED) is 0.737. The van der Waals surface area contributed by atoms with Crippen molar-refractivity contribution < 1.29 is 19.7 Å². The number of carbonyl (C=O) groups excluding carboxylic acids is 1. The molecule has 0 aromatic rings. The topological polar surface area (TPSA) is 66.8 Å². The van der Waals surface area contributed by atoms with E-state index in [0.29, 0.717) is 24.4 Å². The molecular formula is C23H36O4. The summed E-state index contributed by atoms with van der Waals surface area (Å²) < 4.78 is 5.99. The van der Waals surface area contributed by atoms with Crippen LogP contribution in [0.15, 0.2) is 11.6 Å². The van der Waals surface area contributed by atoms with Crippen LogP contribution in [0.1, 0.15) is 65.7 Å². The van der Waals surface area contributed by atoms with Gasteiger partial charge in [-0.05, 0) is 80.5 Å². The summed E-state index contributed by atoms with van der Waals surface area (Å²) in [5, 5.41) is 19.4. The van der Waals surface area contributed by atoms with Crippen LogP contribution in [0.3, 0.4) is 0 Å². The van der Waals surface area contributed by atoms with Gasteiger partial charge in [0.25, 0.3) is 0 Å². The molecule has 0 aromatic heterocycles. The second-order valence-corrected chi connectivity index (χ2v) is 10.2. The standard InChI is InChI=1S/C23H36O4/c1-14(25)21-20(27-11-10-24)13-19-17-5-4-15-12-16(26)6-8-22(15,2)18(17)7-9-23(19,21)3/h4,16-21,24,26H,5-13H2,1-3H3/t16-,17+,18-,19-,20+,21-,22-,23-/m0/s1. The molecule has 152 valence electrons. The molecule has 4 nitrogen and oxygen atoms in total. The van der Waals surface area contributed by atoms with Gasteiger partial charge in [0.15, 0.2) is 0 Å². The Bertz CT molecular complexity index is 628. The summed E-state index contributed by atoms with van der Waals surface area (Å²) in [6, 6.07) is 0. The van der Waals surface area contributed by atoms with Crippen LogP contribution in [0.5, 0.6) is 0 Å². The van der Waals surface area contributed by atoms with E-state index in [-0.39, 0.29) is 41.3 Å². The Labute approximate surface area is 163 Å². The number of allylic oxidation sites excluding steroid dienone is 1. The summed E-state index contributed by atoms with van der Waals surface area (Å²) in [6.07, 6.45) is 9.37. The Balaban J connectivity index is 1.64. The lowest BCUT2D eigenvalue weighted by molar-refractivity contribution is -0.132. The van der Waals surface area contributed by atoms with E-state index < -0.39 is 0 Å². The highest BCUT2D eigenvalue weighted by molar-refractivity contribution is 5.80. The van der Waals surface area contributed by atoms with Crippen molar-refractivity contribution >= 4 is 5.78 Å². The van der Waals surface area contributed by atoms with Gasteiger partial charge in [-0.25, -0.2) is 0 Å². The number of hydrogen-bond acceptors (Lipinski definition) is 4. The van der Waals surface area contributed by atoms with Crippen molar-refractivity contribution in [2.75, 3.05) is 13.2 Å². The van der Waals surface area contributed by atoms with Crippen molar-refractivity contribution in [2.24, 2.45) is 34.5 Å². The first-order valence-electron chi connectivity index (χ1n) is 10.9. The molecule has 4 rings (SSSR count). The third-order valence-corrected chi connectivity index (χ3v) is 8.95. The molecule has 0 amide bonds. The van der Waals surface area contributed by atoms with E-state index in [0.717, 1.165) is 38.5 Å². The molecule has 0 aromatic carbocycles. The molecule has 0 unspecified atom stereocenters. The molecule has 27 heavy (non-hydrogen) atoms. The first-order valence-corrected chi connectivity index (χ1v) is 10.9. The van der Waals surface area contributed by atoms with Crippen molar-refractivity contribution in [2.45, 2.75) is 77.9 Å². The fraction of sp³-hybridized carbons (Fsp3) is 0.870. The molecule has 0 heterocycles. The second kappa shape index (κ2) is 6.96. The van der Waals surface area contributed by atoms with Crippen LogP contribution < -0.4 is 0 Å². The van der Waals surface area contributed by atoms with Crippen LogP contribution in [-0.2, 0) is 9.53 Å². The van der Waals surface area contributed by atoms with Gasteiger partial charge >= 0.3 is 0 Å². The van der Waals surface area contributed by atoms with Crippen molar-refractivity contribution in [1.82, 2.24) is 0 Å². The lowest BCUT2D eigenvalue weighted by Gasteiger charge is -2.57. The van der Waals surface area contributed by atoms with E-state index in [4.69, 9.17) is 4.74 Å². The number of carbonyl (C=O) groups is 1. The molecule has 8 atom stereocenters. The average Bonchev–Trinajstić information content (AvgIpc) is 2.93. The van der Waals surface area contributed by atoms with Crippen LogP contribution in [0.2, 0.25) is 0 Å². The van der Waals surface area contributed by atoms with Gasteiger partial charge in [-0.15, -0.1) is 0 Å². The maximum Gasteiger partial charge on any atom is 0.136 e. The summed E-state index contributed by atoms with van der Waals surface area (Å²) in [7, 11) is 0. The predicted molar refractivity (Wildman–Crippen MR) is 104 cm³/mol. The number of ether oxygens (including phenoxy) is 1. The molecule has 4 aliphatic carbocycles. The van der Waals surface area contributed by atoms with Crippen molar-refractivity contribution in [3.05, 3.63) is 11.6 Å². The minimum Gasteiger partial charge on any atom is -0.394 e. The van der Waals surface area contributed by atoms with Gasteiger partial charge in [0.05, 0.1) is 25.4 Å². The van der Waals surface area contributed by atoms with E-state index >= 15 is 0 Å². The molecule has 0 radical (unpaired) electrons. The number of fused-ring (bicyclic) bond motifs is 5. The maximum absolute atomic E-state index is 12.6. The Hall–Kier alpha value is -0.710. The zero-order valence-corrected chi connectivity index (χ0v) is 17.1. The largest absolute Gasteiger partial charge is 0.394 e. The van der Waals surface area contributed by atoms with Gasteiger partial charge in [0.1, 0.15) is 5.78 Å². The van der Waals surface area contributed by atoms with Gasteiger partial charge in [-0.1, -0.05) is 25.5 Å². The van der Waals surface area contributed by atoms with Gasteiger partial charge in [0, 0.05) is 5.92 Å². The molecule has 0 spiro atoms. The summed E-state index contributed by atoms with van der Waals surface area (Å²) in [4.78, 5) is 12.6. The van der Waals surface area contributed by atoms with Gasteiger partial charge in [-0.3, -0.25) is 4.79 Å². The summed E-state index contributed by atoms with van der Waals surface area (Å²) >= 11 is 0. The van der Waals surface area contributed by atoms with Crippen LogP contribution in [0.4, 0.5) is 0 Å². The summed E-state index contributed by atoms with van der Waals surface area (Å²) in [5.41, 5.74) is 1.72.